The largest absolute Gasteiger partial charge is 0.496 e. The summed E-state index contributed by atoms with van der Waals surface area (Å²) >= 11 is 0. The predicted molar refractivity (Wildman–Crippen MR) is 93.7 cm³/mol. The molecule has 1 N–H and O–H groups in total. The fraction of sp³-hybridized carbons (Fsp3) is 0.278. The van der Waals surface area contributed by atoms with E-state index in [1.54, 1.807) is 19.2 Å². The van der Waals surface area contributed by atoms with Crippen molar-refractivity contribution in [3.05, 3.63) is 59.7 Å². The van der Waals surface area contributed by atoms with Crippen molar-refractivity contribution in [2.45, 2.75) is 10.9 Å². The molecule has 1 heterocycles. The molecule has 6 nitrogen and oxygen atoms in total. The molecule has 130 valence electrons. The molecule has 0 saturated carbocycles. The van der Waals surface area contributed by atoms with Gasteiger partial charge in [0.25, 0.3) is 0 Å². The second-order valence-electron chi connectivity index (χ2n) is 5.72. The maximum atomic E-state index is 13.2. The number of nitriles is 1. The Morgan fingerprint density at radius 1 is 1.24 bits per heavy atom. The Kier molecular flexibility index (Phi) is 5.04. The SMILES string of the molecule is COc1ccccc1C1CNCCN1S(=O)(=O)c1cccc(C#N)c1. The molecule has 0 aromatic heterocycles. The van der Waals surface area contributed by atoms with E-state index in [0.29, 0.717) is 30.9 Å². The van der Waals surface area contributed by atoms with Gasteiger partial charge in [0.15, 0.2) is 0 Å². The van der Waals surface area contributed by atoms with Crippen LogP contribution in [0, 0.1) is 11.3 Å². The van der Waals surface area contributed by atoms with Gasteiger partial charge in [-0.15, -0.1) is 0 Å². The van der Waals surface area contributed by atoms with Crippen molar-refractivity contribution in [3.63, 3.8) is 0 Å². The molecule has 0 bridgehead atoms. The summed E-state index contributed by atoms with van der Waals surface area (Å²) in [6, 6.07) is 15.2. The van der Waals surface area contributed by atoms with E-state index in [1.165, 1.54) is 16.4 Å². The number of nitrogens with zero attached hydrogens (tertiary/aromatic N) is 2. The van der Waals surface area contributed by atoms with Crippen molar-refractivity contribution in [3.8, 4) is 11.8 Å². The van der Waals surface area contributed by atoms with E-state index in [0.717, 1.165) is 5.56 Å². The average molecular weight is 357 g/mol. The molecule has 25 heavy (non-hydrogen) atoms. The quantitative estimate of drug-likeness (QED) is 0.904. The van der Waals surface area contributed by atoms with E-state index in [9.17, 15) is 8.42 Å². The molecule has 0 aliphatic carbocycles. The third kappa shape index (κ3) is 3.37. The lowest BCUT2D eigenvalue weighted by Gasteiger charge is -2.36. The fourth-order valence-electron chi connectivity index (χ4n) is 3.04. The van der Waals surface area contributed by atoms with E-state index < -0.39 is 10.0 Å². The minimum absolute atomic E-state index is 0.133. The van der Waals surface area contributed by atoms with Crippen molar-refractivity contribution in [1.29, 1.82) is 5.26 Å². The van der Waals surface area contributed by atoms with Gasteiger partial charge in [0.1, 0.15) is 5.75 Å². The molecule has 2 aromatic rings. The number of sulfonamides is 1. The van der Waals surface area contributed by atoms with Crippen LogP contribution in [0.3, 0.4) is 0 Å². The summed E-state index contributed by atoms with van der Waals surface area (Å²) in [6.07, 6.45) is 0. The zero-order chi connectivity index (χ0) is 17.9. The number of ether oxygens (including phenoxy) is 1. The molecule has 3 rings (SSSR count). The number of hydrogen-bond donors (Lipinski definition) is 1. The maximum absolute atomic E-state index is 13.2. The fourth-order valence-corrected chi connectivity index (χ4v) is 4.69. The standard InChI is InChI=1S/C18H19N3O3S/c1-24-18-8-3-2-7-16(18)17-13-20-9-10-21(17)25(22,23)15-6-4-5-14(11-15)12-19/h2-8,11,17,20H,9-10,13H2,1H3. The Hall–Kier alpha value is -2.40. The minimum atomic E-state index is -3.73. The summed E-state index contributed by atoms with van der Waals surface area (Å²) < 4.78 is 33.3. The molecule has 1 unspecified atom stereocenters. The van der Waals surface area contributed by atoms with E-state index in [2.05, 4.69) is 5.32 Å². The second-order valence-corrected chi connectivity index (χ2v) is 7.61. The van der Waals surface area contributed by atoms with Gasteiger partial charge in [0, 0.05) is 25.2 Å². The average Bonchev–Trinajstić information content (AvgIpc) is 2.68. The van der Waals surface area contributed by atoms with Crippen molar-refractivity contribution in [1.82, 2.24) is 9.62 Å². The van der Waals surface area contributed by atoms with Crippen LogP contribution in [0.25, 0.3) is 0 Å². The first-order valence-electron chi connectivity index (χ1n) is 7.93. The molecule has 1 atom stereocenters. The van der Waals surface area contributed by atoms with Crippen molar-refractivity contribution in [2.75, 3.05) is 26.7 Å². The van der Waals surface area contributed by atoms with Crippen LogP contribution in [0.15, 0.2) is 53.4 Å². The monoisotopic (exact) mass is 357 g/mol. The minimum Gasteiger partial charge on any atom is -0.496 e. The van der Waals surface area contributed by atoms with E-state index >= 15 is 0 Å². The van der Waals surface area contributed by atoms with Crippen molar-refractivity contribution < 1.29 is 13.2 Å². The van der Waals surface area contributed by atoms with E-state index in [-0.39, 0.29) is 10.9 Å². The first-order valence-corrected chi connectivity index (χ1v) is 9.37. The second kappa shape index (κ2) is 7.23. The van der Waals surface area contributed by atoms with E-state index in [4.69, 9.17) is 10.00 Å². The number of methoxy groups -OCH3 is 1. The number of nitrogens with one attached hydrogen (secondary N) is 1. The zero-order valence-corrected chi connectivity index (χ0v) is 14.7. The molecule has 2 aromatic carbocycles. The number of benzene rings is 2. The van der Waals surface area contributed by atoms with Gasteiger partial charge in [-0.25, -0.2) is 8.42 Å². The molecule has 1 aliphatic heterocycles. The molecule has 0 amide bonds. The van der Waals surface area contributed by atoms with Crippen LogP contribution in [-0.4, -0.2) is 39.5 Å². The van der Waals surface area contributed by atoms with Gasteiger partial charge < -0.3 is 10.1 Å². The van der Waals surface area contributed by atoms with Gasteiger partial charge in [-0.05, 0) is 24.3 Å². The molecular weight excluding hydrogens is 338 g/mol. The maximum Gasteiger partial charge on any atom is 0.243 e. The van der Waals surface area contributed by atoms with Crippen LogP contribution in [0.4, 0.5) is 0 Å². The summed E-state index contributed by atoms with van der Waals surface area (Å²) in [5.74, 6) is 0.655. The summed E-state index contributed by atoms with van der Waals surface area (Å²) in [5, 5.41) is 12.3. The van der Waals surface area contributed by atoms with Gasteiger partial charge in [-0.2, -0.15) is 9.57 Å². The van der Waals surface area contributed by atoms with Crippen LogP contribution < -0.4 is 10.1 Å². The highest BCUT2D eigenvalue weighted by Crippen LogP contribution is 2.33. The molecule has 1 fully saturated rings. The Balaban J connectivity index is 2.04. The lowest BCUT2D eigenvalue weighted by molar-refractivity contribution is 0.264. The zero-order valence-electron chi connectivity index (χ0n) is 13.8. The molecule has 0 radical (unpaired) electrons. The number of para-hydroxylation sites is 1. The third-order valence-corrected chi connectivity index (χ3v) is 6.17. The van der Waals surface area contributed by atoms with Gasteiger partial charge in [0.2, 0.25) is 10.0 Å². The summed E-state index contributed by atoms with van der Waals surface area (Å²) in [7, 11) is -2.16. The highest BCUT2D eigenvalue weighted by atomic mass is 32.2. The normalized spacial score (nSPS) is 18.5. The molecule has 1 saturated heterocycles. The molecule has 7 heteroatoms. The van der Waals surface area contributed by atoms with Crippen LogP contribution in [0.2, 0.25) is 0 Å². The topological polar surface area (TPSA) is 82.4 Å². The van der Waals surface area contributed by atoms with Crippen molar-refractivity contribution >= 4 is 10.0 Å². The molecule has 1 aliphatic rings. The van der Waals surface area contributed by atoms with Gasteiger partial charge >= 0.3 is 0 Å². The number of hydrogen-bond acceptors (Lipinski definition) is 5. The van der Waals surface area contributed by atoms with Crippen LogP contribution in [-0.2, 0) is 10.0 Å². The summed E-state index contributed by atoms with van der Waals surface area (Å²) in [6.45, 7) is 1.42. The predicted octanol–water partition coefficient (Wildman–Crippen LogP) is 1.90. The first-order chi connectivity index (χ1) is 12.1. The Morgan fingerprint density at radius 2 is 2.04 bits per heavy atom. The van der Waals surface area contributed by atoms with Gasteiger partial charge in [0.05, 0.1) is 29.7 Å². The Morgan fingerprint density at radius 3 is 2.80 bits per heavy atom. The van der Waals surface area contributed by atoms with Gasteiger partial charge in [-0.1, -0.05) is 24.3 Å². The number of piperazine rings is 1. The lowest BCUT2D eigenvalue weighted by atomic mass is 10.0. The smallest absolute Gasteiger partial charge is 0.243 e. The lowest BCUT2D eigenvalue weighted by Crippen LogP contribution is -2.48. The molecular formula is C18H19N3O3S. The van der Waals surface area contributed by atoms with Crippen LogP contribution in [0.1, 0.15) is 17.2 Å². The Bertz CT molecular complexity index is 906. The Labute approximate surface area is 147 Å². The highest BCUT2D eigenvalue weighted by molar-refractivity contribution is 7.89. The van der Waals surface area contributed by atoms with Gasteiger partial charge in [-0.3, -0.25) is 0 Å². The highest BCUT2D eigenvalue weighted by Gasteiger charge is 2.35. The summed E-state index contributed by atoms with van der Waals surface area (Å²) in [4.78, 5) is 0.133. The van der Waals surface area contributed by atoms with Crippen LogP contribution in [0.5, 0.6) is 5.75 Å². The van der Waals surface area contributed by atoms with Crippen LogP contribution >= 0.6 is 0 Å². The first kappa shape index (κ1) is 17.4. The number of rotatable bonds is 4. The molecule has 0 spiro atoms. The third-order valence-electron chi connectivity index (χ3n) is 4.26. The van der Waals surface area contributed by atoms with E-state index in [1.807, 2.05) is 30.3 Å². The van der Waals surface area contributed by atoms with Crippen molar-refractivity contribution in [2.24, 2.45) is 0 Å². The summed E-state index contributed by atoms with van der Waals surface area (Å²) in [5.41, 5.74) is 1.14.